The van der Waals surface area contributed by atoms with E-state index in [0.29, 0.717) is 0 Å². The number of carbonyl (C=O) groups is 1. The minimum absolute atomic E-state index is 0. The van der Waals surface area contributed by atoms with Crippen molar-refractivity contribution in [2.45, 2.75) is 6.92 Å². The molecule has 0 bridgehead atoms. The molecule has 0 aromatic rings. The van der Waals surface area contributed by atoms with Gasteiger partial charge in [0, 0.05) is 6.92 Å². The third kappa shape index (κ3) is 96.0. The molecule has 0 saturated carbocycles. The van der Waals surface area contributed by atoms with Crippen LogP contribution in [-0.4, -0.2) is 56.2 Å². The first-order chi connectivity index (χ1) is 2.27. The molecule has 0 unspecified atom stereocenters. The molecule has 0 aliphatic rings. The van der Waals surface area contributed by atoms with Gasteiger partial charge in [-0.05, 0) is 0 Å². The van der Waals surface area contributed by atoms with Gasteiger partial charge < -0.3 is 29.6 Å². The SMILES string of the molecule is CC(=O)OO.O.O.O.O.[H-].[H-].[Mg+2]. The van der Waals surface area contributed by atoms with Gasteiger partial charge in [0.25, 0.3) is 0 Å². The zero-order valence-electron chi connectivity index (χ0n) is 7.47. The molecule has 66 valence electrons. The summed E-state index contributed by atoms with van der Waals surface area (Å²) >= 11 is 0. The Kier molecular flexibility index (Phi) is 180. The molecule has 10 heavy (non-hydrogen) atoms. The molecule has 0 aliphatic carbocycles. The Bertz CT molecular complexity index is 54.7. The molecular weight excluding hydrogens is 160 g/mol. The van der Waals surface area contributed by atoms with Crippen molar-refractivity contribution in [3.8, 4) is 0 Å². The van der Waals surface area contributed by atoms with Crippen molar-refractivity contribution < 1.29 is 39.7 Å². The Morgan fingerprint density at radius 2 is 1.40 bits per heavy atom. The van der Waals surface area contributed by atoms with E-state index in [2.05, 4.69) is 4.89 Å². The Morgan fingerprint density at radius 1 is 1.30 bits per heavy atom. The first-order valence-electron chi connectivity index (χ1n) is 1.09. The van der Waals surface area contributed by atoms with Crippen LogP contribution in [0.15, 0.2) is 0 Å². The summed E-state index contributed by atoms with van der Waals surface area (Å²) in [4.78, 5) is 12.5. The molecule has 0 rings (SSSR count). The Morgan fingerprint density at radius 3 is 1.40 bits per heavy atom. The zero-order chi connectivity index (χ0) is 4.28. The number of rotatable bonds is 0. The van der Waals surface area contributed by atoms with Gasteiger partial charge in [-0.1, -0.05) is 0 Å². The Labute approximate surface area is 76.3 Å². The third-order valence-corrected chi connectivity index (χ3v) is 0.129. The Balaban J connectivity index is -0.00000000381. The van der Waals surface area contributed by atoms with E-state index in [1.54, 1.807) is 0 Å². The second kappa shape index (κ2) is 35.8. The summed E-state index contributed by atoms with van der Waals surface area (Å²) in [7, 11) is 0. The van der Waals surface area contributed by atoms with Crippen molar-refractivity contribution >= 4 is 29.0 Å². The molecule has 0 fully saturated rings. The summed E-state index contributed by atoms with van der Waals surface area (Å²) in [5.41, 5.74) is 0. The van der Waals surface area contributed by atoms with Crippen LogP contribution in [0.25, 0.3) is 0 Å². The van der Waals surface area contributed by atoms with E-state index in [1.807, 2.05) is 0 Å². The van der Waals surface area contributed by atoms with Crippen LogP contribution in [0.1, 0.15) is 9.78 Å². The standard InChI is InChI=1S/C2H4O3.Mg.4H2O.2H/c1-2(3)5-4;;;;;;;/h4H,1H3;;4*1H2;;/q;+2;;;;;2*-1. The smallest absolute Gasteiger partial charge is 1.00 e. The van der Waals surface area contributed by atoms with Crippen molar-refractivity contribution in [3.63, 3.8) is 0 Å². The molecule has 9 N–H and O–H groups in total. The van der Waals surface area contributed by atoms with Gasteiger partial charge in [-0.3, -0.25) is 0 Å². The first kappa shape index (κ1) is 50.3. The van der Waals surface area contributed by atoms with Gasteiger partial charge >= 0.3 is 29.0 Å². The minimum Gasteiger partial charge on any atom is -1.00 e. The molecule has 0 radical (unpaired) electrons. The molecule has 0 aromatic heterocycles. The third-order valence-electron chi connectivity index (χ3n) is 0.129. The normalized spacial score (nSPS) is 3.40. The van der Waals surface area contributed by atoms with Crippen LogP contribution >= 0.6 is 0 Å². The predicted molar refractivity (Wildman–Crippen MR) is 36.8 cm³/mol. The fraction of sp³-hybridized carbons (Fsp3) is 0.500. The van der Waals surface area contributed by atoms with Gasteiger partial charge in [-0.15, -0.1) is 0 Å². The molecule has 8 heteroatoms. The van der Waals surface area contributed by atoms with Gasteiger partial charge in [0.15, 0.2) is 0 Å². The first-order valence-corrected chi connectivity index (χ1v) is 1.09. The van der Waals surface area contributed by atoms with Crippen LogP contribution in [0.4, 0.5) is 0 Å². The largest absolute Gasteiger partial charge is 2.00 e. The summed E-state index contributed by atoms with van der Waals surface area (Å²) in [5.74, 6) is -0.690. The molecule has 0 atom stereocenters. The number of hydrogen-bond acceptors (Lipinski definition) is 3. The van der Waals surface area contributed by atoms with Crippen molar-refractivity contribution in [3.05, 3.63) is 0 Å². The molecule has 0 aliphatic heterocycles. The van der Waals surface area contributed by atoms with Crippen molar-refractivity contribution in [1.82, 2.24) is 0 Å². The van der Waals surface area contributed by atoms with Crippen molar-refractivity contribution in [2.75, 3.05) is 0 Å². The summed E-state index contributed by atoms with van der Waals surface area (Å²) in [6, 6.07) is 0. The second-order valence-electron chi connectivity index (χ2n) is 0.583. The van der Waals surface area contributed by atoms with Crippen LogP contribution in [0.3, 0.4) is 0 Å². The van der Waals surface area contributed by atoms with Crippen LogP contribution in [0.5, 0.6) is 0 Å². The van der Waals surface area contributed by atoms with Crippen molar-refractivity contribution in [2.24, 2.45) is 0 Å². The van der Waals surface area contributed by atoms with E-state index >= 15 is 0 Å². The summed E-state index contributed by atoms with van der Waals surface area (Å²) in [6.45, 7) is 1.11. The number of carbonyl (C=O) groups excluding carboxylic acids is 1. The molecule has 0 aromatic carbocycles. The van der Waals surface area contributed by atoms with E-state index < -0.39 is 5.97 Å². The monoisotopic (exact) mass is 174 g/mol. The maximum absolute atomic E-state index is 9.34. The van der Waals surface area contributed by atoms with Crippen LogP contribution in [-0.2, 0) is 9.68 Å². The molecule has 7 nitrogen and oxygen atoms in total. The van der Waals surface area contributed by atoms with E-state index in [4.69, 9.17) is 5.26 Å². The fourth-order valence-corrected chi connectivity index (χ4v) is 0. The molecule has 0 spiro atoms. The van der Waals surface area contributed by atoms with Crippen LogP contribution < -0.4 is 0 Å². The topological polar surface area (TPSA) is 173 Å². The van der Waals surface area contributed by atoms with E-state index in [-0.39, 0.29) is 47.8 Å². The van der Waals surface area contributed by atoms with Gasteiger partial charge in [-0.25, -0.2) is 4.79 Å². The van der Waals surface area contributed by atoms with E-state index in [0.717, 1.165) is 6.92 Å². The fourth-order valence-electron chi connectivity index (χ4n) is 0. The molecule has 0 heterocycles. The van der Waals surface area contributed by atoms with Crippen molar-refractivity contribution in [1.29, 1.82) is 0 Å². The maximum atomic E-state index is 9.34. The van der Waals surface area contributed by atoms with Crippen LogP contribution in [0, 0.1) is 0 Å². The maximum Gasteiger partial charge on any atom is 2.00 e. The molecule has 0 amide bonds. The van der Waals surface area contributed by atoms with E-state index in [9.17, 15) is 4.79 Å². The van der Waals surface area contributed by atoms with Gasteiger partial charge in [0.2, 0.25) is 0 Å². The summed E-state index contributed by atoms with van der Waals surface area (Å²) in [5, 5.41) is 7.29. The predicted octanol–water partition coefficient (Wildman–Crippen LogP) is -3.43. The van der Waals surface area contributed by atoms with Gasteiger partial charge in [-0.2, -0.15) is 5.26 Å². The summed E-state index contributed by atoms with van der Waals surface area (Å²) < 4.78 is 0. The van der Waals surface area contributed by atoms with Gasteiger partial charge in [0.05, 0.1) is 0 Å². The minimum atomic E-state index is -0.690. The molecule has 0 saturated heterocycles. The molecular formula is C2H14MgO7. The van der Waals surface area contributed by atoms with Gasteiger partial charge in [0.1, 0.15) is 0 Å². The second-order valence-corrected chi connectivity index (χ2v) is 0.583. The van der Waals surface area contributed by atoms with Crippen LogP contribution in [0.2, 0.25) is 0 Å². The van der Waals surface area contributed by atoms with E-state index in [1.165, 1.54) is 0 Å². The number of hydrogen-bond donors (Lipinski definition) is 1. The average molecular weight is 174 g/mol. The Hall–Kier alpha value is 0.0362. The quantitative estimate of drug-likeness (QED) is 0.229. The zero-order valence-corrected chi connectivity index (χ0v) is 6.89. The summed E-state index contributed by atoms with van der Waals surface area (Å²) in [6.07, 6.45) is 0. The average Bonchev–Trinajstić information content (AvgIpc) is 1.38.